The molecule has 4 rings (SSSR count). The van der Waals surface area contributed by atoms with Gasteiger partial charge in [-0.05, 0) is 59.9 Å². The Kier molecular flexibility index (Phi) is 7.77. The molecule has 34 heavy (non-hydrogen) atoms. The molecule has 3 aromatic rings. The summed E-state index contributed by atoms with van der Waals surface area (Å²) in [5, 5.41) is 1.89. The summed E-state index contributed by atoms with van der Waals surface area (Å²) in [7, 11) is 0. The van der Waals surface area contributed by atoms with E-state index in [-0.39, 0.29) is 23.8 Å². The van der Waals surface area contributed by atoms with Crippen LogP contribution in [0.4, 0.5) is 5.69 Å². The highest BCUT2D eigenvalue weighted by Crippen LogP contribution is 2.38. The molecule has 0 spiro atoms. The summed E-state index contributed by atoms with van der Waals surface area (Å²) >= 11 is 18.9. The van der Waals surface area contributed by atoms with Gasteiger partial charge in [-0.25, -0.2) is 0 Å². The predicted octanol–water partition coefficient (Wildman–Crippen LogP) is 7.78. The Hall–Kier alpha value is -2.20. The zero-order valence-corrected chi connectivity index (χ0v) is 21.9. The molecule has 3 aromatic carbocycles. The fraction of sp³-hybridized carbons (Fsp3) is 0.321. The van der Waals surface area contributed by atoms with Crippen molar-refractivity contribution in [2.45, 2.75) is 32.7 Å². The van der Waals surface area contributed by atoms with Crippen LogP contribution in [0.15, 0.2) is 66.7 Å². The summed E-state index contributed by atoms with van der Waals surface area (Å²) < 4.78 is 0. The summed E-state index contributed by atoms with van der Waals surface area (Å²) in [5.74, 6) is 0.175. The molecule has 1 amide bonds. The van der Waals surface area contributed by atoms with Crippen LogP contribution >= 0.6 is 34.8 Å². The second-order valence-corrected chi connectivity index (χ2v) is 10.5. The monoisotopic (exact) mass is 514 g/mol. The SMILES string of the molecule is Cc1ccccc1C(C(=O)N1CCN(c2ccc(Cl)cc2Cl)C(c2ccc(Cl)cc2)C1)C(C)C. The van der Waals surface area contributed by atoms with Crippen molar-refractivity contribution >= 4 is 46.4 Å². The maximum absolute atomic E-state index is 13.9. The molecular formula is C28H29Cl3N2O. The van der Waals surface area contributed by atoms with Gasteiger partial charge in [-0.2, -0.15) is 0 Å². The molecule has 0 radical (unpaired) electrons. The van der Waals surface area contributed by atoms with E-state index in [1.807, 2.05) is 53.4 Å². The van der Waals surface area contributed by atoms with Crippen LogP contribution in [0.3, 0.4) is 0 Å². The van der Waals surface area contributed by atoms with Crippen molar-refractivity contribution in [1.82, 2.24) is 4.90 Å². The van der Waals surface area contributed by atoms with E-state index in [9.17, 15) is 4.79 Å². The number of hydrogen-bond donors (Lipinski definition) is 0. The molecule has 1 aliphatic heterocycles. The minimum Gasteiger partial charge on any atom is -0.360 e. The van der Waals surface area contributed by atoms with Gasteiger partial charge in [-0.15, -0.1) is 0 Å². The number of rotatable bonds is 5. The van der Waals surface area contributed by atoms with Gasteiger partial charge in [0, 0.05) is 29.7 Å². The molecule has 0 aliphatic carbocycles. The number of carbonyl (C=O) groups is 1. The Morgan fingerprint density at radius 2 is 1.59 bits per heavy atom. The first-order valence-electron chi connectivity index (χ1n) is 11.6. The summed E-state index contributed by atoms with van der Waals surface area (Å²) in [6, 6.07) is 21.5. The molecule has 1 fully saturated rings. The topological polar surface area (TPSA) is 23.6 Å². The minimum absolute atomic E-state index is 0.0571. The van der Waals surface area contributed by atoms with Crippen molar-refractivity contribution in [3.05, 3.63) is 98.5 Å². The van der Waals surface area contributed by atoms with Gasteiger partial charge in [0.25, 0.3) is 0 Å². The van der Waals surface area contributed by atoms with Crippen LogP contribution in [0, 0.1) is 12.8 Å². The van der Waals surface area contributed by atoms with E-state index in [4.69, 9.17) is 34.8 Å². The molecule has 1 saturated heterocycles. The third-order valence-electron chi connectivity index (χ3n) is 6.62. The second kappa shape index (κ2) is 10.6. The number of nitrogens with zero attached hydrogens (tertiary/aromatic N) is 2. The van der Waals surface area contributed by atoms with Gasteiger partial charge in [0.2, 0.25) is 5.91 Å². The summed E-state index contributed by atoms with van der Waals surface area (Å²) in [6.45, 7) is 8.17. The van der Waals surface area contributed by atoms with Gasteiger partial charge in [0.15, 0.2) is 0 Å². The van der Waals surface area contributed by atoms with Gasteiger partial charge in [0.05, 0.1) is 22.7 Å². The van der Waals surface area contributed by atoms with Gasteiger partial charge >= 0.3 is 0 Å². The second-order valence-electron chi connectivity index (χ2n) is 9.22. The number of amides is 1. The molecule has 0 saturated carbocycles. The van der Waals surface area contributed by atoms with Gasteiger partial charge in [0.1, 0.15) is 0 Å². The minimum atomic E-state index is -0.183. The van der Waals surface area contributed by atoms with E-state index in [2.05, 4.69) is 37.8 Å². The van der Waals surface area contributed by atoms with Gasteiger partial charge in [-0.1, -0.05) is 85.0 Å². The van der Waals surface area contributed by atoms with Crippen LogP contribution in [-0.2, 0) is 4.79 Å². The van der Waals surface area contributed by atoms with Crippen molar-refractivity contribution in [3.63, 3.8) is 0 Å². The first-order valence-corrected chi connectivity index (χ1v) is 12.7. The highest BCUT2D eigenvalue weighted by molar-refractivity contribution is 6.36. The Bertz CT molecular complexity index is 1160. The maximum atomic E-state index is 13.9. The largest absolute Gasteiger partial charge is 0.360 e. The van der Waals surface area contributed by atoms with Crippen LogP contribution in [0.25, 0.3) is 0 Å². The van der Waals surface area contributed by atoms with Crippen molar-refractivity contribution < 1.29 is 4.79 Å². The van der Waals surface area contributed by atoms with Crippen molar-refractivity contribution in [3.8, 4) is 0 Å². The fourth-order valence-corrected chi connectivity index (χ4v) is 5.51. The molecule has 0 aromatic heterocycles. The Labute approximate surface area is 217 Å². The van der Waals surface area contributed by atoms with Crippen molar-refractivity contribution in [1.29, 1.82) is 0 Å². The molecule has 3 nitrogen and oxygen atoms in total. The number of anilines is 1. The molecule has 178 valence electrons. The van der Waals surface area contributed by atoms with E-state index < -0.39 is 0 Å². The fourth-order valence-electron chi connectivity index (χ4n) is 4.87. The predicted molar refractivity (Wildman–Crippen MR) is 143 cm³/mol. The lowest BCUT2D eigenvalue weighted by molar-refractivity contribution is -0.134. The van der Waals surface area contributed by atoms with E-state index >= 15 is 0 Å². The third-order valence-corrected chi connectivity index (χ3v) is 7.41. The summed E-state index contributed by atoms with van der Waals surface area (Å²) in [5.41, 5.74) is 4.26. The lowest BCUT2D eigenvalue weighted by Crippen LogP contribution is -2.52. The smallest absolute Gasteiger partial charge is 0.230 e. The quantitative estimate of drug-likeness (QED) is 0.346. The lowest BCUT2D eigenvalue weighted by atomic mass is 9.84. The Morgan fingerprint density at radius 1 is 0.912 bits per heavy atom. The van der Waals surface area contributed by atoms with Gasteiger partial charge < -0.3 is 9.80 Å². The number of aryl methyl sites for hydroxylation is 1. The standard InChI is InChI=1S/C28H29Cl3N2O/c1-18(2)27(23-7-5-4-6-19(23)3)28(34)32-14-15-33(25-13-12-22(30)16-24(25)31)26(17-32)20-8-10-21(29)11-9-20/h4-13,16,18,26-27H,14-15,17H2,1-3H3. The third kappa shape index (κ3) is 5.22. The van der Waals surface area contributed by atoms with Crippen molar-refractivity contribution in [2.75, 3.05) is 24.5 Å². The number of hydrogen-bond acceptors (Lipinski definition) is 2. The zero-order valence-electron chi connectivity index (χ0n) is 19.6. The average Bonchev–Trinajstić information content (AvgIpc) is 2.80. The van der Waals surface area contributed by atoms with E-state index in [1.54, 1.807) is 6.07 Å². The van der Waals surface area contributed by atoms with E-state index in [1.165, 1.54) is 0 Å². The molecule has 2 unspecified atom stereocenters. The first kappa shape index (κ1) is 24.9. The first-order chi connectivity index (χ1) is 16.3. The number of halogens is 3. The number of piperazine rings is 1. The molecule has 1 aliphatic rings. The molecular weight excluding hydrogens is 487 g/mol. The van der Waals surface area contributed by atoms with Gasteiger partial charge in [-0.3, -0.25) is 4.79 Å². The maximum Gasteiger partial charge on any atom is 0.230 e. The molecule has 1 heterocycles. The van der Waals surface area contributed by atoms with Crippen LogP contribution in [0.1, 0.15) is 42.5 Å². The number of benzene rings is 3. The van der Waals surface area contributed by atoms with Crippen LogP contribution in [0.2, 0.25) is 15.1 Å². The van der Waals surface area contributed by atoms with Crippen LogP contribution in [0.5, 0.6) is 0 Å². The average molecular weight is 516 g/mol. The molecule has 6 heteroatoms. The highest BCUT2D eigenvalue weighted by atomic mass is 35.5. The highest BCUT2D eigenvalue weighted by Gasteiger charge is 2.36. The Morgan fingerprint density at radius 3 is 2.24 bits per heavy atom. The molecule has 0 bridgehead atoms. The lowest BCUT2D eigenvalue weighted by Gasteiger charge is -2.44. The zero-order chi connectivity index (χ0) is 24.4. The number of carbonyl (C=O) groups excluding carboxylic acids is 1. The molecule has 2 atom stereocenters. The van der Waals surface area contributed by atoms with E-state index in [0.717, 1.165) is 22.4 Å². The van der Waals surface area contributed by atoms with Crippen LogP contribution < -0.4 is 4.90 Å². The van der Waals surface area contributed by atoms with Crippen LogP contribution in [-0.4, -0.2) is 30.4 Å². The molecule has 0 N–H and O–H groups in total. The summed E-state index contributed by atoms with van der Waals surface area (Å²) in [6.07, 6.45) is 0. The van der Waals surface area contributed by atoms with E-state index in [0.29, 0.717) is 34.7 Å². The summed E-state index contributed by atoms with van der Waals surface area (Å²) in [4.78, 5) is 18.2. The van der Waals surface area contributed by atoms with Crippen molar-refractivity contribution in [2.24, 2.45) is 5.92 Å². The normalized spacial score (nSPS) is 17.2. The Balaban J connectivity index is 1.68.